The molecule has 6 aliphatic carbocycles. The quantitative estimate of drug-likeness (QED) is 0.181. The number of benzene rings is 2. The zero-order valence-electron chi connectivity index (χ0n) is 33.3. The van der Waals surface area contributed by atoms with Crippen molar-refractivity contribution >= 4 is 35.1 Å². The van der Waals surface area contributed by atoms with E-state index >= 15 is 0 Å². The van der Waals surface area contributed by atoms with E-state index in [9.17, 15) is 25.2 Å². The fourth-order valence-corrected chi connectivity index (χ4v) is 11.5. The standard InChI is InChI=1S/C23H28ClNO4.C22H26ClNO4/c1-27-18-8-7-16(13-19(18)29-17-5-3-4-6-17)21(15-25)9-11-22(12-10-21)14-23(22,24)20(26)28-2;1-27-17-7-6-15(12-18(17)28-16-4-2-3-5-16)20(14-24)8-10-21(11-9-20)13-22(21,23)19(25)26/h7-8,13,17H,3-6,9-12,14H2,1-2H3;6-7,12,16H,2-5,8-11,13H2,1H3,(H,25,26). The number of carbonyl (C=O) groups is 2. The van der Waals surface area contributed by atoms with Gasteiger partial charge in [-0.3, -0.25) is 9.59 Å². The van der Waals surface area contributed by atoms with Crippen LogP contribution in [-0.4, -0.2) is 60.3 Å². The number of carbonyl (C=O) groups excluding carboxylic acids is 1. The van der Waals surface area contributed by atoms with Crippen LogP contribution in [0.5, 0.6) is 23.0 Å². The second-order valence-corrected chi connectivity index (χ2v) is 18.8. The summed E-state index contributed by atoms with van der Waals surface area (Å²) in [6.07, 6.45) is 15.9. The van der Waals surface area contributed by atoms with Gasteiger partial charge in [0.2, 0.25) is 0 Å². The number of carboxylic acid groups (broad SMARTS) is 1. The van der Waals surface area contributed by atoms with Crippen molar-refractivity contribution in [3.63, 3.8) is 0 Å². The van der Waals surface area contributed by atoms with Crippen molar-refractivity contribution in [2.24, 2.45) is 10.8 Å². The third kappa shape index (κ3) is 7.28. The molecule has 0 saturated heterocycles. The number of nitriles is 2. The fourth-order valence-electron chi connectivity index (χ4n) is 10.5. The second-order valence-electron chi connectivity index (χ2n) is 17.5. The fraction of sp³-hybridized carbons (Fsp3) is 0.644. The summed E-state index contributed by atoms with van der Waals surface area (Å²) < 4.78 is 28.3. The van der Waals surface area contributed by atoms with Gasteiger partial charge in [-0.1, -0.05) is 12.1 Å². The van der Waals surface area contributed by atoms with E-state index in [0.29, 0.717) is 68.6 Å². The minimum Gasteiger partial charge on any atom is -0.493 e. The lowest BCUT2D eigenvalue weighted by Gasteiger charge is -2.37. The molecule has 1 N–H and O–H groups in total. The summed E-state index contributed by atoms with van der Waals surface area (Å²) >= 11 is 12.9. The molecule has 57 heavy (non-hydrogen) atoms. The Bertz CT molecular complexity index is 1930. The number of nitrogens with zero attached hydrogens (tertiary/aromatic N) is 2. The number of ether oxygens (including phenoxy) is 5. The smallest absolute Gasteiger partial charge is 0.327 e. The largest absolute Gasteiger partial charge is 0.493 e. The molecule has 0 aromatic heterocycles. The van der Waals surface area contributed by atoms with Crippen LogP contribution in [0.25, 0.3) is 0 Å². The maximum absolute atomic E-state index is 12.1. The molecule has 0 aliphatic heterocycles. The Morgan fingerprint density at radius 2 is 1.02 bits per heavy atom. The zero-order chi connectivity index (χ0) is 40.7. The number of alkyl halides is 2. The molecule has 6 fully saturated rings. The molecule has 2 atom stereocenters. The number of esters is 1. The molecule has 306 valence electrons. The average molecular weight is 822 g/mol. The van der Waals surface area contributed by atoms with Gasteiger partial charge in [0.25, 0.3) is 0 Å². The summed E-state index contributed by atoms with van der Waals surface area (Å²) in [6.45, 7) is 0. The number of aliphatic carboxylic acids is 1. The highest BCUT2D eigenvalue weighted by molar-refractivity contribution is 6.37. The average Bonchev–Trinajstić information content (AvgIpc) is 3.66. The van der Waals surface area contributed by atoms with Crippen LogP contribution in [0.2, 0.25) is 0 Å². The highest BCUT2D eigenvalue weighted by atomic mass is 35.5. The Balaban J connectivity index is 0.000000174. The maximum atomic E-state index is 12.1. The van der Waals surface area contributed by atoms with Crippen molar-refractivity contribution in [2.75, 3.05) is 21.3 Å². The number of rotatable bonds is 10. The first kappa shape index (κ1) is 41.3. The van der Waals surface area contributed by atoms with Gasteiger partial charge in [-0.05, 0) is 151 Å². The van der Waals surface area contributed by atoms with Gasteiger partial charge in [0.1, 0.15) is 9.75 Å². The first-order valence-corrected chi connectivity index (χ1v) is 21.3. The molecule has 2 aromatic rings. The summed E-state index contributed by atoms with van der Waals surface area (Å²) in [4.78, 5) is 21.5. The summed E-state index contributed by atoms with van der Waals surface area (Å²) in [7, 11) is 4.64. The van der Waals surface area contributed by atoms with Gasteiger partial charge in [-0.25, -0.2) is 0 Å². The number of hydrogen-bond acceptors (Lipinski definition) is 9. The molecule has 0 radical (unpaired) electrons. The van der Waals surface area contributed by atoms with Crippen LogP contribution in [0, 0.1) is 33.5 Å². The summed E-state index contributed by atoms with van der Waals surface area (Å²) in [5.74, 6) is 1.53. The van der Waals surface area contributed by atoms with Gasteiger partial charge >= 0.3 is 11.9 Å². The van der Waals surface area contributed by atoms with E-state index in [4.69, 9.17) is 46.9 Å². The third-order valence-corrected chi connectivity index (χ3v) is 16.0. The van der Waals surface area contributed by atoms with E-state index in [2.05, 4.69) is 12.1 Å². The Morgan fingerprint density at radius 1 is 0.632 bits per heavy atom. The lowest BCUT2D eigenvalue weighted by molar-refractivity contribution is -0.142. The lowest BCUT2D eigenvalue weighted by Crippen LogP contribution is -2.35. The molecule has 2 aromatic carbocycles. The first-order chi connectivity index (χ1) is 27.3. The Hall–Kier alpha value is -3.86. The molecule has 6 aliphatic rings. The van der Waals surface area contributed by atoms with Crippen molar-refractivity contribution < 1.29 is 38.4 Å². The molecule has 0 bridgehead atoms. The van der Waals surface area contributed by atoms with Crippen LogP contribution >= 0.6 is 23.2 Å². The SMILES string of the molecule is COC(=O)C1(Cl)CC12CCC(C#N)(c1ccc(OC)c(OC3CCCC3)c1)CC2.COc1ccc(C2(C#N)CCC3(CC2)CC3(Cl)C(=O)O)cc1OC1CCCC1. The molecule has 0 heterocycles. The second kappa shape index (κ2) is 15.7. The number of methoxy groups -OCH3 is 3. The lowest BCUT2D eigenvalue weighted by atomic mass is 9.65. The normalized spacial score (nSPS) is 34.3. The van der Waals surface area contributed by atoms with Gasteiger partial charge in [0.15, 0.2) is 23.0 Å². The first-order valence-electron chi connectivity index (χ1n) is 20.5. The maximum Gasteiger partial charge on any atom is 0.327 e. The van der Waals surface area contributed by atoms with Crippen molar-refractivity contribution in [1.29, 1.82) is 10.5 Å². The Labute approximate surface area is 346 Å². The van der Waals surface area contributed by atoms with Crippen LogP contribution in [0.15, 0.2) is 36.4 Å². The number of hydrogen-bond donors (Lipinski definition) is 1. The third-order valence-electron chi connectivity index (χ3n) is 14.6. The molecule has 0 amide bonds. The monoisotopic (exact) mass is 820 g/mol. The molecular weight excluding hydrogens is 767 g/mol. The summed E-state index contributed by atoms with van der Waals surface area (Å²) in [5.41, 5.74) is 0.0531. The topological polar surface area (TPSA) is 148 Å². The highest BCUT2D eigenvalue weighted by Gasteiger charge is 2.74. The number of halogens is 2. The molecule has 8 rings (SSSR count). The van der Waals surface area contributed by atoms with Crippen LogP contribution < -0.4 is 18.9 Å². The zero-order valence-corrected chi connectivity index (χ0v) is 34.8. The Kier molecular flexibility index (Phi) is 11.4. The molecule has 2 spiro atoms. The van der Waals surface area contributed by atoms with E-state index < -0.39 is 26.5 Å². The van der Waals surface area contributed by atoms with Gasteiger partial charge in [0.05, 0.1) is 56.5 Å². The van der Waals surface area contributed by atoms with Gasteiger partial charge in [-0.15, -0.1) is 23.2 Å². The van der Waals surface area contributed by atoms with E-state index in [1.165, 1.54) is 32.8 Å². The molecule has 2 unspecified atom stereocenters. The van der Waals surface area contributed by atoms with E-state index in [-0.39, 0.29) is 29.0 Å². The minimum atomic E-state index is -1.15. The van der Waals surface area contributed by atoms with Crippen molar-refractivity contribution in [1.82, 2.24) is 0 Å². The van der Waals surface area contributed by atoms with Crippen molar-refractivity contribution in [3.8, 4) is 35.1 Å². The van der Waals surface area contributed by atoms with Gasteiger partial charge < -0.3 is 28.8 Å². The summed E-state index contributed by atoms with van der Waals surface area (Å²) in [5, 5.41) is 29.6. The van der Waals surface area contributed by atoms with Gasteiger partial charge in [-0.2, -0.15) is 10.5 Å². The van der Waals surface area contributed by atoms with Crippen LogP contribution in [0.4, 0.5) is 0 Å². The molecule has 10 nitrogen and oxygen atoms in total. The molecule has 6 saturated carbocycles. The van der Waals surface area contributed by atoms with E-state index in [0.717, 1.165) is 55.4 Å². The molecule has 12 heteroatoms. The minimum absolute atomic E-state index is 0.204. The van der Waals surface area contributed by atoms with Crippen LogP contribution in [-0.2, 0) is 25.2 Å². The van der Waals surface area contributed by atoms with Crippen LogP contribution in [0.1, 0.15) is 127 Å². The summed E-state index contributed by atoms with van der Waals surface area (Å²) in [6, 6.07) is 16.7. The Morgan fingerprint density at radius 3 is 1.35 bits per heavy atom. The predicted octanol–water partition coefficient (Wildman–Crippen LogP) is 9.70. The number of carboxylic acids is 1. The van der Waals surface area contributed by atoms with Crippen LogP contribution in [0.3, 0.4) is 0 Å². The van der Waals surface area contributed by atoms with E-state index in [1.54, 1.807) is 14.2 Å². The van der Waals surface area contributed by atoms with Gasteiger partial charge in [0, 0.05) is 10.8 Å². The van der Waals surface area contributed by atoms with E-state index in [1.807, 2.05) is 36.4 Å². The predicted molar refractivity (Wildman–Crippen MR) is 214 cm³/mol. The van der Waals surface area contributed by atoms with Crippen molar-refractivity contribution in [3.05, 3.63) is 47.5 Å². The van der Waals surface area contributed by atoms with Crippen molar-refractivity contribution in [2.45, 2.75) is 148 Å². The molecular formula is C45H54Cl2N2O8. The highest BCUT2D eigenvalue weighted by Crippen LogP contribution is 2.71.